The van der Waals surface area contributed by atoms with Crippen molar-refractivity contribution in [3.63, 3.8) is 0 Å². The number of anilines is 1. The molecule has 3 heteroatoms. The highest BCUT2D eigenvalue weighted by molar-refractivity contribution is 5.95. The molecule has 0 bridgehead atoms. The van der Waals surface area contributed by atoms with Crippen molar-refractivity contribution < 1.29 is 9.18 Å². The van der Waals surface area contributed by atoms with Crippen molar-refractivity contribution in [2.24, 2.45) is 5.92 Å². The second-order valence-electron chi connectivity index (χ2n) is 4.86. The highest BCUT2D eigenvalue weighted by atomic mass is 19.1. The summed E-state index contributed by atoms with van der Waals surface area (Å²) < 4.78 is 12.8. The van der Waals surface area contributed by atoms with Gasteiger partial charge in [-0.3, -0.25) is 4.79 Å². The molecule has 19 heavy (non-hydrogen) atoms. The lowest BCUT2D eigenvalue weighted by Gasteiger charge is -2.04. The molecular weight excluding hydrogens is 241 g/mol. The maximum atomic E-state index is 12.8. The van der Waals surface area contributed by atoms with E-state index in [1.54, 1.807) is 12.1 Å². The molecule has 0 aliphatic heterocycles. The summed E-state index contributed by atoms with van der Waals surface area (Å²) in [7, 11) is 0. The number of nitrogens with one attached hydrogen (secondary N) is 1. The van der Waals surface area contributed by atoms with Gasteiger partial charge in [0, 0.05) is 11.6 Å². The zero-order chi connectivity index (χ0) is 13.2. The Morgan fingerprint density at radius 1 is 1.05 bits per heavy atom. The number of benzene rings is 2. The molecule has 3 rings (SSSR count). The van der Waals surface area contributed by atoms with E-state index >= 15 is 0 Å². The molecule has 0 radical (unpaired) electrons. The van der Waals surface area contributed by atoms with Gasteiger partial charge in [0.15, 0.2) is 0 Å². The van der Waals surface area contributed by atoms with Crippen molar-refractivity contribution >= 4 is 11.6 Å². The van der Waals surface area contributed by atoms with Crippen molar-refractivity contribution in [1.29, 1.82) is 0 Å². The maximum Gasteiger partial charge on any atom is 0.228 e. The minimum absolute atomic E-state index is 0.0143. The molecule has 0 aromatic heterocycles. The highest BCUT2D eigenvalue weighted by Gasteiger charge is 2.43. The molecule has 0 spiro atoms. The SMILES string of the molecule is O=C(Nc1ccc(F)cc1)[C@H]1C[C@@H]1c1ccccc1. The van der Waals surface area contributed by atoms with Crippen molar-refractivity contribution in [3.05, 3.63) is 66.0 Å². The van der Waals surface area contributed by atoms with Gasteiger partial charge < -0.3 is 5.32 Å². The van der Waals surface area contributed by atoms with Gasteiger partial charge in [0.1, 0.15) is 5.82 Å². The molecule has 1 fully saturated rings. The van der Waals surface area contributed by atoms with Gasteiger partial charge in [-0.15, -0.1) is 0 Å². The van der Waals surface area contributed by atoms with E-state index in [2.05, 4.69) is 17.4 Å². The van der Waals surface area contributed by atoms with E-state index in [9.17, 15) is 9.18 Å². The topological polar surface area (TPSA) is 29.1 Å². The summed E-state index contributed by atoms with van der Waals surface area (Å²) in [6.45, 7) is 0. The lowest BCUT2D eigenvalue weighted by atomic mass is 10.1. The van der Waals surface area contributed by atoms with Crippen LogP contribution in [0.5, 0.6) is 0 Å². The number of hydrogen-bond acceptors (Lipinski definition) is 1. The number of rotatable bonds is 3. The summed E-state index contributed by atoms with van der Waals surface area (Å²) >= 11 is 0. The smallest absolute Gasteiger partial charge is 0.228 e. The maximum absolute atomic E-state index is 12.8. The second-order valence-corrected chi connectivity index (χ2v) is 4.86. The van der Waals surface area contributed by atoms with Gasteiger partial charge in [0.2, 0.25) is 5.91 Å². The van der Waals surface area contributed by atoms with Gasteiger partial charge in [-0.05, 0) is 42.2 Å². The van der Waals surface area contributed by atoms with Gasteiger partial charge in [0.25, 0.3) is 0 Å². The fourth-order valence-corrected chi connectivity index (χ4v) is 2.32. The first-order valence-electron chi connectivity index (χ1n) is 6.35. The summed E-state index contributed by atoms with van der Waals surface area (Å²) in [6, 6.07) is 15.9. The van der Waals surface area contributed by atoms with Crippen molar-refractivity contribution in [2.45, 2.75) is 12.3 Å². The number of amides is 1. The average molecular weight is 255 g/mol. The molecule has 96 valence electrons. The predicted octanol–water partition coefficient (Wildman–Crippen LogP) is 3.57. The minimum Gasteiger partial charge on any atom is -0.326 e. The molecular formula is C16H14FNO. The van der Waals surface area contributed by atoms with Crippen LogP contribution >= 0.6 is 0 Å². The Balaban J connectivity index is 1.63. The van der Waals surface area contributed by atoms with E-state index in [-0.39, 0.29) is 17.6 Å². The van der Waals surface area contributed by atoms with Gasteiger partial charge >= 0.3 is 0 Å². The van der Waals surface area contributed by atoms with Crippen LogP contribution in [0.4, 0.5) is 10.1 Å². The van der Waals surface area contributed by atoms with Crippen LogP contribution in [0, 0.1) is 11.7 Å². The molecule has 2 atom stereocenters. The van der Waals surface area contributed by atoms with Gasteiger partial charge in [0.05, 0.1) is 0 Å². The van der Waals surface area contributed by atoms with Crippen LogP contribution in [0.3, 0.4) is 0 Å². The Kier molecular flexibility index (Phi) is 3.03. The molecule has 1 N–H and O–H groups in total. The summed E-state index contributed by atoms with van der Waals surface area (Å²) in [5.41, 5.74) is 1.85. The quantitative estimate of drug-likeness (QED) is 0.892. The fourth-order valence-electron chi connectivity index (χ4n) is 2.32. The van der Waals surface area contributed by atoms with E-state index in [4.69, 9.17) is 0 Å². The molecule has 2 aromatic rings. The molecule has 2 aromatic carbocycles. The summed E-state index contributed by atoms with van der Waals surface area (Å²) in [6.07, 6.45) is 0.886. The van der Waals surface area contributed by atoms with E-state index in [0.717, 1.165) is 6.42 Å². The largest absolute Gasteiger partial charge is 0.326 e. The fraction of sp³-hybridized carbons (Fsp3) is 0.188. The summed E-state index contributed by atoms with van der Waals surface area (Å²) in [4.78, 5) is 12.0. The average Bonchev–Trinajstić information content (AvgIpc) is 3.23. The third-order valence-corrected chi connectivity index (χ3v) is 3.47. The molecule has 0 saturated heterocycles. The van der Waals surface area contributed by atoms with Crippen LogP contribution in [0.1, 0.15) is 17.9 Å². The Labute approximate surface area is 111 Å². The molecule has 1 aliphatic rings. The third kappa shape index (κ3) is 2.65. The first-order chi connectivity index (χ1) is 9.24. The number of halogens is 1. The molecule has 1 saturated carbocycles. The standard InChI is InChI=1S/C16H14FNO/c17-12-6-8-13(9-7-12)18-16(19)15-10-14(15)11-4-2-1-3-5-11/h1-9,14-15H,10H2,(H,18,19)/t14-,15+/m1/s1. The molecule has 1 amide bonds. The van der Waals surface area contributed by atoms with E-state index < -0.39 is 0 Å². The van der Waals surface area contributed by atoms with Crippen LogP contribution in [0.2, 0.25) is 0 Å². The Hall–Kier alpha value is -2.16. The number of carbonyl (C=O) groups excluding carboxylic acids is 1. The Morgan fingerprint density at radius 2 is 1.74 bits per heavy atom. The van der Waals surface area contributed by atoms with Crippen LogP contribution in [-0.4, -0.2) is 5.91 Å². The van der Waals surface area contributed by atoms with Gasteiger partial charge in [-0.1, -0.05) is 30.3 Å². The monoisotopic (exact) mass is 255 g/mol. The van der Waals surface area contributed by atoms with Gasteiger partial charge in [-0.25, -0.2) is 4.39 Å². The van der Waals surface area contributed by atoms with Crippen molar-refractivity contribution in [1.82, 2.24) is 0 Å². The first-order valence-corrected chi connectivity index (χ1v) is 6.35. The highest BCUT2D eigenvalue weighted by Crippen LogP contribution is 2.47. The Bertz CT molecular complexity index is 579. The third-order valence-electron chi connectivity index (χ3n) is 3.47. The lowest BCUT2D eigenvalue weighted by Crippen LogP contribution is -2.14. The first kappa shape index (κ1) is 11.9. The predicted molar refractivity (Wildman–Crippen MR) is 72.3 cm³/mol. The zero-order valence-corrected chi connectivity index (χ0v) is 10.3. The van der Waals surface area contributed by atoms with Crippen molar-refractivity contribution in [2.75, 3.05) is 5.32 Å². The molecule has 1 aliphatic carbocycles. The molecule has 2 nitrogen and oxygen atoms in total. The number of carbonyl (C=O) groups is 1. The van der Waals surface area contributed by atoms with Crippen LogP contribution < -0.4 is 5.32 Å². The van der Waals surface area contributed by atoms with Crippen molar-refractivity contribution in [3.8, 4) is 0 Å². The molecule has 0 heterocycles. The van der Waals surface area contributed by atoms with Crippen LogP contribution in [-0.2, 0) is 4.79 Å². The van der Waals surface area contributed by atoms with Gasteiger partial charge in [-0.2, -0.15) is 0 Å². The number of hydrogen-bond donors (Lipinski definition) is 1. The van der Waals surface area contributed by atoms with Crippen LogP contribution in [0.15, 0.2) is 54.6 Å². The zero-order valence-electron chi connectivity index (χ0n) is 10.3. The summed E-state index contributed by atoms with van der Waals surface area (Å²) in [5.74, 6) is 0.0705. The minimum atomic E-state index is -0.299. The van der Waals surface area contributed by atoms with E-state index in [1.165, 1.54) is 17.7 Å². The normalized spacial score (nSPS) is 20.9. The van der Waals surface area contributed by atoms with E-state index in [1.807, 2.05) is 18.2 Å². The molecule has 0 unspecified atom stereocenters. The van der Waals surface area contributed by atoms with E-state index in [0.29, 0.717) is 11.6 Å². The summed E-state index contributed by atoms with van der Waals surface area (Å²) in [5, 5.41) is 2.83. The Morgan fingerprint density at radius 3 is 2.42 bits per heavy atom. The van der Waals surface area contributed by atoms with Crippen LogP contribution in [0.25, 0.3) is 0 Å². The lowest BCUT2D eigenvalue weighted by molar-refractivity contribution is -0.117. The second kappa shape index (κ2) is 4.84.